The molecule has 0 amide bonds. The van der Waals surface area contributed by atoms with E-state index in [0.717, 1.165) is 5.56 Å². The van der Waals surface area contributed by atoms with Crippen molar-refractivity contribution in [3.8, 4) is 0 Å². The van der Waals surface area contributed by atoms with Gasteiger partial charge in [0.2, 0.25) is 0 Å². The summed E-state index contributed by atoms with van der Waals surface area (Å²) in [7, 11) is 0. The lowest BCUT2D eigenvalue weighted by Gasteiger charge is -2.16. The minimum Gasteiger partial charge on any atom is -0.462 e. The highest BCUT2D eigenvalue weighted by Crippen LogP contribution is 2.24. The van der Waals surface area contributed by atoms with Gasteiger partial charge in [-0.3, -0.25) is 0 Å². The summed E-state index contributed by atoms with van der Waals surface area (Å²) >= 11 is 0. The third kappa shape index (κ3) is 4.43. The van der Waals surface area contributed by atoms with E-state index in [-0.39, 0.29) is 11.4 Å². The van der Waals surface area contributed by atoms with Crippen molar-refractivity contribution in [3.05, 3.63) is 42.0 Å². The van der Waals surface area contributed by atoms with E-state index in [1.54, 1.807) is 0 Å². The number of esters is 1. The van der Waals surface area contributed by atoms with Gasteiger partial charge in [0.05, 0.1) is 12.2 Å². The second kappa shape index (κ2) is 5.67. The molecule has 0 atom stereocenters. The van der Waals surface area contributed by atoms with Gasteiger partial charge in [0.1, 0.15) is 0 Å². The molecular weight excluding hydrogens is 212 g/mol. The Morgan fingerprint density at radius 3 is 2.29 bits per heavy atom. The first-order chi connectivity index (χ1) is 7.94. The maximum atomic E-state index is 11.9. The normalized spacial score (nSPS) is 12.4. The first-order valence-corrected chi connectivity index (χ1v) is 5.89. The summed E-state index contributed by atoms with van der Waals surface area (Å²) in [5, 5.41) is 0. The molecule has 0 unspecified atom stereocenters. The van der Waals surface area contributed by atoms with Crippen LogP contribution in [-0.2, 0) is 9.53 Å². The average Bonchev–Trinajstić information content (AvgIpc) is 2.26. The van der Waals surface area contributed by atoms with Gasteiger partial charge in [0.15, 0.2) is 0 Å². The number of carbonyl (C=O) groups excluding carboxylic acids is 1. The fourth-order valence-electron chi connectivity index (χ4n) is 1.52. The number of hydrogen-bond acceptors (Lipinski definition) is 2. The molecule has 1 aromatic rings. The van der Waals surface area contributed by atoms with E-state index in [2.05, 4.69) is 20.8 Å². The van der Waals surface area contributed by atoms with Crippen LogP contribution >= 0.6 is 0 Å². The van der Waals surface area contributed by atoms with Gasteiger partial charge >= 0.3 is 5.97 Å². The molecule has 0 spiro atoms. The van der Waals surface area contributed by atoms with Crippen LogP contribution in [-0.4, -0.2) is 12.6 Å². The summed E-state index contributed by atoms with van der Waals surface area (Å²) in [6.07, 6.45) is 1.96. The van der Waals surface area contributed by atoms with Gasteiger partial charge in [-0.1, -0.05) is 57.2 Å². The predicted molar refractivity (Wildman–Crippen MR) is 70.5 cm³/mol. The lowest BCUT2D eigenvalue weighted by molar-refractivity contribution is -0.136. The second-order valence-corrected chi connectivity index (χ2v) is 5.01. The molecular formula is C15H20O2. The van der Waals surface area contributed by atoms with Crippen LogP contribution in [0.15, 0.2) is 36.4 Å². The Morgan fingerprint density at radius 1 is 1.24 bits per heavy atom. The number of carbonyl (C=O) groups is 1. The first-order valence-electron chi connectivity index (χ1n) is 5.89. The van der Waals surface area contributed by atoms with Crippen LogP contribution in [0, 0.1) is 5.41 Å². The molecule has 0 aliphatic heterocycles. The average molecular weight is 232 g/mol. The van der Waals surface area contributed by atoms with Crippen LogP contribution in [0.4, 0.5) is 0 Å². The fraction of sp³-hybridized carbons (Fsp3) is 0.400. The summed E-state index contributed by atoms with van der Waals surface area (Å²) in [5.41, 5.74) is 1.48. The minimum absolute atomic E-state index is 0.0576. The van der Waals surface area contributed by atoms with Gasteiger partial charge < -0.3 is 4.74 Å². The van der Waals surface area contributed by atoms with E-state index in [1.165, 1.54) is 0 Å². The molecule has 0 bridgehead atoms. The van der Waals surface area contributed by atoms with Crippen LogP contribution in [0.5, 0.6) is 0 Å². The number of allylic oxidation sites excluding steroid dienone is 1. The third-order valence-corrected chi connectivity index (χ3v) is 2.16. The molecule has 0 saturated heterocycles. The van der Waals surface area contributed by atoms with Crippen molar-refractivity contribution < 1.29 is 9.53 Å². The zero-order valence-corrected chi connectivity index (χ0v) is 11.0. The Hall–Kier alpha value is -1.57. The summed E-state index contributed by atoms with van der Waals surface area (Å²) < 4.78 is 5.10. The van der Waals surface area contributed by atoms with E-state index in [4.69, 9.17) is 4.74 Å². The van der Waals surface area contributed by atoms with Crippen molar-refractivity contribution in [1.82, 2.24) is 0 Å². The Kier molecular flexibility index (Phi) is 4.50. The Labute approximate surface area is 103 Å². The van der Waals surface area contributed by atoms with E-state index in [1.807, 2.05) is 43.3 Å². The van der Waals surface area contributed by atoms with E-state index in [9.17, 15) is 4.79 Å². The first kappa shape index (κ1) is 13.5. The van der Waals surface area contributed by atoms with Gasteiger partial charge in [-0.2, -0.15) is 0 Å². The zero-order valence-electron chi connectivity index (χ0n) is 11.0. The van der Waals surface area contributed by atoms with Crippen LogP contribution < -0.4 is 0 Å². The standard InChI is InChI=1S/C15H20O2/c1-5-17-14(16)13(11-15(2,3)4)12-9-7-6-8-10-12/h6-11H,5H2,1-4H3/b13-11+. The molecule has 0 fully saturated rings. The molecule has 2 heteroatoms. The number of hydrogen-bond donors (Lipinski definition) is 0. The smallest absolute Gasteiger partial charge is 0.338 e. The summed E-state index contributed by atoms with van der Waals surface area (Å²) in [6.45, 7) is 8.41. The van der Waals surface area contributed by atoms with Crippen molar-refractivity contribution in [2.75, 3.05) is 6.61 Å². The van der Waals surface area contributed by atoms with Gasteiger partial charge in [-0.05, 0) is 17.9 Å². The largest absolute Gasteiger partial charge is 0.462 e. The van der Waals surface area contributed by atoms with E-state index >= 15 is 0 Å². The van der Waals surface area contributed by atoms with Gasteiger partial charge in [-0.25, -0.2) is 4.79 Å². The van der Waals surface area contributed by atoms with Gasteiger partial charge in [0, 0.05) is 0 Å². The number of rotatable bonds is 3. The molecule has 0 aliphatic carbocycles. The monoisotopic (exact) mass is 232 g/mol. The Bertz CT molecular complexity index is 397. The molecule has 0 heterocycles. The molecule has 2 nitrogen and oxygen atoms in total. The molecule has 0 aliphatic rings. The highest BCUT2D eigenvalue weighted by Gasteiger charge is 2.17. The van der Waals surface area contributed by atoms with Crippen molar-refractivity contribution >= 4 is 11.5 Å². The fourth-order valence-corrected chi connectivity index (χ4v) is 1.52. The molecule has 92 valence electrons. The lowest BCUT2D eigenvalue weighted by Crippen LogP contribution is -2.11. The number of benzene rings is 1. The van der Waals surface area contributed by atoms with Crippen LogP contribution in [0.3, 0.4) is 0 Å². The van der Waals surface area contributed by atoms with Gasteiger partial charge in [0.25, 0.3) is 0 Å². The van der Waals surface area contributed by atoms with E-state index in [0.29, 0.717) is 12.2 Å². The molecule has 0 saturated carbocycles. The highest BCUT2D eigenvalue weighted by atomic mass is 16.5. The zero-order chi connectivity index (χ0) is 12.9. The molecule has 0 radical (unpaired) electrons. The highest BCUT2D eigenvalue weighted by molar-refractivity contribution is 6.16. The maximum absolute atomic E-state index is 11.9. The minimum atomic E-state index is -0.256. The van der Waals surface area contributed by atoms with Crippen molar-refractivity contribution in [2.24, 2.45) is 5.41 Å². The SMILES string of the molecule is CCOC(=O)/C(=C/C(C)(C)C)c1ccccc1. The summed E-state index contributed by atoms with van der Waals surface area (Å²) in [6, 6.07) is 9.63. The molecule has 0 aromatic heterocycles. The molecule has 1 rings (SSSR count). The van der Waals surface area contributed by atoms with Crippen molar-refractivity contribution in [3.63, 3.8) is 0 Å². The Balaban J connectivity index is 3.12. The molecule has 0 N–H and O–H groups in total. The quantitative estimate of drug-likeness (QED) is 0.587. The maximum Gasteiger partial charge on any atom is 0.338 e. The summed E-state index contributed by atoms with van der Waals surface area (Å²) in [4.78, 5) is 11.9. The lowest BCUT2D eigenvalue weighted by atomic mass is 9.91. The summed E-state index contributed by atoms with van der Waals surface area (Å²) in [5.74, 6) is -0.256. The molecule has 1 aromatic carbocycles. The van der Waals surface area contributed by atoms with Crippen LogP contribution in [0.2, 0.25) is 0 Å². The predicted octanol–water partition coefficient (Wildman–Crippen LogP) is 3.68. The van der Waals surface area contributed by atoms with E-state index < -0.39 is 0 Å². The van der Waals surface area contributed by atoms with Crippen LogP contribution in [0.25, 0.3) is 5.57 Å². The second-order valence-electron chi connectivity index (χ2n) is 5.01. The van der Waals surface area contributed by atoms with Crippen molar-refractivity contribution in [2.45, 2.75) is 27.7 Å². The van der Waals surface area contributed by atoms with Crippen molar-refractivity contribution in [1.29, 1.82) is 0 Å². The Morgan fingerprint density at radius 2 is 1.82 bits per heavy atom. The third-order valence-electron chi connectivity index (χ3n) is 2.16. The van der Waals surface area contributed by atoms with Gasteiger partial charge in [-0.15, -0.1) is 0 Å². The topological polar surface area (TPSA) is 26.3 Å². The van der Waals surface area contributed by atoms with Crippen LogP contribution in [0.1, 0.15) is 33.3 Å². The molecule has 17 heavy (non-hydrogen) atoms. The number of ether oxygens (including phenoxy) is 1.